The van der Waals surface area contributed by atoms with Crippen molar-refractivity contribution in [1.29, 1.82) is 0 Å². The van der Waals surface area contributed by atoms with Gasteiger partial charge in [-0.1, -0.05) is 32.1 Å². The smallest absolute Gasteiger partial charge is 0.126 e. The van der Waals surface area contributed by atoms with Crippen LogP contribution in [-0.4, -0.2) is 13.1 Å². The lowest BCUT2D eigenvalue weighted by molar-refractivity contribution is 0.334. The largest absolute Gasteiger partial charge is 0.316 e. The van der Waals surface area contributed by atoms with Crippen LogP contribution in [0.1, 0.15) is 44.1 Å². The quantitative estimate of drug-likeness (QED) is 0.766. The molecule has 1 aliphatic carbocycles. The molecule has 106 valence electrons. The van der Waals surface area contributed by atoms with Crippen LogP contribution in [-0.2, 0) is 6.42 Å². The molecule has 1 N–H and O–H groups in total. The molecular weight excluding hydrogens is 244 g/mol. The van der Waals surface area contributed by atoms with Gasteiger partial charge in [-0.25, -0.2) is 8.78 Å². The van der Waals surface area contributed by atoms with Gasteiger partial charge in [0.15, 0.2) is 0 Å². The molecule has 0 radical (unpaired) electrons. The summed E-state index contributed by atoms with van der Waals surface area (Å²) in [6, 6.07) is 3.73. The second kappa shape index (κ2) is 7.59. The van der Waals surface area contributed by atoms with Crippen molar-refractivity contribution in [3.05, 3.63) is 35.4 Å². The molecule has 2 rings (SSSR count). The van der Waals surface area contributed by atoms with E-state index in [9.17, 15) is 8.78 Å². The molecule has 1 aliphatic rings. The first-order valence-corrected chi connectivity index (χ1v) is 7.40. The Bertz CT molecular complexity index is 366. The maximum absolute atomic E-state index is 13.0. The summed E-state index contributed by atoms with van der Waals surface area (Å²) in [5.74, 6) is -0.0951. The van der Waals surface area contributed by atoms with Crippen LogP contribution in [0.3, 0.4) is 0 Å². The number of benzene rings is 1. The van der Waals surface area contributed by atoms with Crippen LogP contribution >= 0.6 is 0 Å². The molecule has 0 aromatic heterocycles. The second-order valence-electron chi connectivity index (χ2n) is 5.57. The standard InChI is InChI=1S/C16H23F2N/c17-15-10-14(11-16(18)12-15)7-9-19-8-6-13-4-2-1-3-5-13/h10-13,19H,1-9H2. The van der Waals surface area contributed by atoms with Gasteiger partial charge in [0.2, 0.25) is 0 Å². The summed E-state index contributed by atoms with van der Waals surface area (Å²) in [4.78, 5) is 0. The van der Waals surface area contributed by atoms with Gasteiger partial charge < -0.3 is 5.32 Å². The van der Waals surface area contributed by atoms with Gasteiger partial charge in [0.05, 0.1) is 0 Å². The van der Waals surface area contributed by atoms with E-state index in [2.05, 4.69) is 5.32 Å². The van der Waals surface area contributed by atoms with Crippen molar-refractivity contribution in [2.45, 2.75) is 44.9 Å². The Morgan fingerprint density at radius 3 is 2.32 bits per heavy atom. The van der Waals surface area contributed by atoms with Crippen molar-refractivity contribution in [1.82, 2.24) is 5.32 Å². The van der Waals surface area contributed by atoms with Gasteiger partial charge >= 0.3 is 0 Å². The highest BCUT2D eigenvalue weighted by Gasteiger charge is 2.12. The third-order valence-corrected chi connectivity index (χ3v) is 3.97. The summed E-state index contributed by atoms with van der Waals surface area (Å²) in [6.07, 6.45) is 8.82. The van der Waals surface area contributed by atoms with Crippen LogP contribution in [0, 0.1) is 17.6 Å². The Morgan fingerprint density at radius 1 is 0.947 bits per heavy atom. The number of hydrogen-bond acceptors (Lipinski definition) is 1. The van der Waals surface area contributed by atoms with Crippen LogP contribution in [0.15, 0.2) is 18.2 Å². The molecule has 1 fully saturated rings. The molecule has 1 aromatic rings. The number of halogens is 2. The van der Waals surface area contributed by atoms with Crippen molar-refractivity contribution in [2.24, 2.45) is 5.92 Å². The first-order valence-electron chi connectivity index (χ1n) is 7.40. The average molecular weight is 267 g/mol. The van der Waals surface area contributed by atoms with Crippen LogP contribution in [0.4, 0.5) is 8.78 Å². The predicted octanol–water partition coefficient (Wildman–Crippen LogP) is 4.07. The molecule has 3 heteroatoms. The molecule has 1 aromatic carbocycles. The van der Waals surface area contributed by atoms with Crippen molar-refractivity contribution < 1.29 is 8.78 Å². The molecule has 0 atom stereocenters. The normalized spacial score (nSPS) is 16.7. The fourth-order valence-electron chi connectivity index (χ4n) is 2.90. The van der Waals surface area contributed by atoms with E-state index in [-0.39, 0.29) is 0 Å². The maximum Gasteiger partial charge on any atom is 0.126 e. The van der Waals surface area contributed by atoms with Gasteiger partial charge in [-0.3, -0.25) is 0 Å². The van der Waals surface area contributed by atoms with E-state index in [4.69, 9.17) is 0 Å². The van der Waals surface area contributed by atoms with E-state index in [0.29, 0.717) is 6.42 Å². The molecule has 1 saturated carbocycles. The third kappa shape index (κ3) is 5.27. The van der Waals surface area contributed by atoms with Gasteiger partial charge in [-0.05, 0) is 49.5 Å². The van der Waals surface area contributed by atoms with Gasteiger partial charge in [-0.2, -0.15) is 0 Å². The van der Waals surface area contributed by atoms with E-state index in [0.717, 1.165) is 30.6 Å². The molecule has 0 saturated heterocycles. The first-order chi connectivity index (χ1) is 9.24. The topological polar surface area (TPSA) is 12.0 Å². The fourth-order valence-corrected chi connectivity index (χ4v) is 2.90. The second-order valence-corrected chi connectivity index (χ2v) is 5.57. The lowest BCUT2D eigenvalue weighted by atomic mass is 9.87. The molecule has 0 heterocycles. The Morgan fingerprint density at radius 2 is 1.63 bits per heavy atom. The van der Waals surface area contributed by atoms with E-state index >= 15 is 0 Å². The van der Waals surface area contributed by atoms with E-state index in [1.807, 2.05) is 0 Å². The average Bonchev–Trinajstić information content (AvgIpc) is 2.38. The van der Waals surface area contributed by atoms with Gasteiger partial charge in [0.25, 0.3) is 0 Å². The van der Waals surface area contributed by atoms with E-state index < -0.39 is 11.6 Å². The summed E-state index contributed by atoms with van der Waals surface area (Å²) >= 11 is 0. The minimum Gasteiger partial charge on any atom is -0.316 e. The predicted molar refractivity (Wildman–Crippen MR) is 74.1 cm³/mol. The van der Waals surface area contributed by atoms with Crippen LogP contribution in [0.5, 0.6) is 0 Å². The molecule has 1 nitrogen and oxygen atoms in total. The van der Waals surface area contributed by atoms with Crippen molar-refractivity contribution >= 4 is 0 Å². The highest BCUT2D eigenvalue weighted by molar-refractivity contribution is 5.18. The van der Waals surface area contributed by atoms with Crippen LogP contribution in [0.25, 0.3) is 0 Å². The summed E-state index contributed by atoms with van der Waals surface area (Å²) in [5.41, 5.74) is 0.725. The van der Waals surface area contributed by atoms with Crippen molar-refractivity contribution in [3.63, 3.8) is 0 Å². The summed E-state index contributed by atoms with van der Waals surface area (Å²) < 4.78 is 26.0. The minimum atomic E-state index is -0.489. The zero-order chi connectivity index (χ0) is 13.5. The van der Waals surface area contributed by atoms with E-state index in [1.165, 1.54) is 50.7 Å². The molecule has 0 bridgehead atoms. The highest BCUT2D eigenvalue weighted by atomic mass is 19.1. The van der Waals surface area contributed by atoms with Crippen molar-refractivity contribution in [3.8, 4) is 0 Å². The summed E-state index contributed by atoms with van der Waals surface area (Å²) in [6.45, 7) is 1.80. The lowest BCUT2D eigenvalue weighted by Crippen LogP contribution is -2.21. The van der Waals surface area contributed by atoms with Crippen LogP contribution in [0.2, 0.25) is 0 Å². The maximum atomic E-state index is 13.0. The number of hydrogen-bond donors (Lipinski definition) is 1. The Labute approximate surface area is 114 Å². The SMILES string of the molecule is Fc1cc(F)cc(CCNCCC2CCCCC2)c1. The Balaban J connectivity index is 1.60. The molecule has 0 aliphatic heterocycles. The number of nitrogens with one attached hydrogen (secondary N) is 1. The molecule has 0 amide bonds. The Kier molecular flexibility index (Phi) is 5.77. The third-order valence-electron chi connectivity index (χ3n) is 3.97. The summed E-state index contributed by atoms with van der Waals surface area (Å²) in [7, 11) is 0. The highest BCUT2D eigenvalue weighted by Crippen LogP contribution is 2.25. The monoisotopic (exact) mass is 267 g/mol. The number of rotatable bonds is 6. The van der Waals surface area contributed by atoms with E-state index in [1.54, 1.807) is 0 Å². The minimum absolute atomic E-state index is 0.489. The lowest BCUT2D eigenvalue weighted by Gasteiger charge is -2.21. The van der Waals surface area contributed by atoms with Crippen LogP contribution < -0.4 is 5.32 Å². The fraction of sp³-hybridized carbons (Fsp3) is 0.625. The van der Waals surface area contributed by atoms with Gasteiger partial charge in [0.1, 0.15) is 11.6 Å². The summed E-state index contributed by atoms with van der Waals surface area (Å²) in [5, 5.41) is 3.38. The molecule has 0 spiro atoms. The zero-order valence-electron chi connectivity index (χ0n) is 11.4. The van der Waals surface area contributed by atoms with Crippen molar-refractivity contribution in [2.75, 3.05) is 13.1 Å². The molecule has 19 heavy (non-hydrogen) atoms. The first kappa shape index (κ1) is 14.4. The Hall–Kier alpha value is -0.960. The van der Waals surface area contributed by atoms with Gasteiger partial charge in [0, 0.05) is 6.07 Å². The van der Waals surface area contributed by atoms with Gasteiger partial charge in [-0.15, -0.1) is 0 Å². The molecular formula is C16H23F2N. The molecule has 0 unspecified atom stereocenters. The zero-order valence-corrected chi connectivity index (χ0v) is 11.4.